The molecule has 4 nitrogen and oxygen atoms in total. The lowest BCUT2D eigenvalue weighted by Crippen LogP contribution is -2.19. The summed E-state index contributed by atoms with van der Waals surface area (Å²) in [6.07, 6.45) is 4.87. The van der Waals surface area contributed by atoms with Crippen molar-refractivity contribution in [3.05, 3.63) is 87.5 Å². The second-order valence-electron chi connectivity index (χ2n) is 6.28. The summed E-state index contributed by atoms with van der Waals surface area (Å²) in [6.45, 7) is 2.12. The number of aromatic nitrogens is 1. The molecule has 1 saturated heterocycles. The number of amides is 1. The van der Waals surface area contributed by atoms with Crippen LogP contribution in [0.1, 0.15) is 18.2 Å². The number of nitrogens with one attached hydrogen (secondary N) is 1. The van der Waals surface area contributed by atoms with Crippen LogP contribution in [0.25, 0.3) is 11.8 Å². The molecule has 2 aromatic carbocycles. The number of amidine groups is 1. The molecule has 140 valence electrons. The van der Waals surface area contributed by atoms with Crippen molar-refractivity contribution >= 4 is 50.5 Å². The van der Waals surface area contributed by atoms with Crippen LogP contribution < -0.4 is 5.32 Å². The monoisotopic (exact) mass is 451 g/mol. The van der Waals surface area contributed by atoms with E-state index in [-0.39, 0.29) is 5.91 Å². The van der Waals surface area contributed by atoms with Crippen molar-refractivity contribution in [1.29, 1.82) is 0 Å². The van der Waals surface area contributed by atoms with Gasteiger partial charge < -0.3 is 9.88 Å². The van der Waals surface area contributed by atoms with Gasteiger partial charge in [-0.05, 0) is 78.4 Å². The maximum Gasteiger partial charge on any atom is 0.264 e. The quantitative estimate of drug-likeness (QED) is 0.517. The van der Waals surface area contributed by atoms with E-state index in [0.717, 1.165) is 28.0 Å². The lowest BCUT2D eigenvalue weighted by Gasteiger charge is -2.07. The molecular formula is C22H18BrN3OS. The lowest BCUT2D eigenvalue weighted by atomic mass is 10.2. The molecular weight excluding hydrogens is 434 g/mol. The minimum absolute atomic E-state index is 0.127. The van der Waals surface area contributed by atoms with Crippen LogP contribution in [0.4, 0.5) is 5.69 Å². The number of aliphatic imine (C=N–C) groups is 1. The van der Waals surface area contributed by atoms with Crippen molar-refractivity contribution in [3.8, 4) is 5.69 Å². The molecule has 1 amide bonds. The molecule has 1 aliphatic rings. The standard InChI is InChI=1S/C22H18BrN3OS/c1-2-15-5-9-17(10-6-15)24-22-25-21(27)20(28-22)14-19-4-3-13-26(19)18-11-7-16(23)8-12-18/h3-14H,2H2,1H3,(H,24,25,27)/b20-14-. The molecule has 28 heavy (non-hydrogen) atoms. The molecule has 6 heteroatoms. The van der Waals surface area contributed by atoms with Crippen molar-refractivity contribution in [2.75, 3.05) is 0 Å². The predicted octanol–water partition coefficient (Wildman–Crippen LogP) is 5.69. The zero-order valence-corrected chi connectivity index (χ0v) is 17.6. The van der Waals surface area contributed by atoms with Gasteiger partial charge in [0.05, 0.1) is 10.6 Å². The molecule has 3 aromatic rings. The van der Waals surface area contributed by atoms with E-state index in [0.29, 0.717) is 10.1 Å². The highest BCUT2D eigenvalue weighted by molar-refractivity contribution is 9.10. The van der Waals surface area contributed by atoms with Crippen LogP contribution in [0, 0.1) is 0 Å². The van der Waals surface area contributed by atoms with Crippen LogP contribution in [-0.4, -0.2) is 15.6 Å². The van der Waals surface area contributed by atoms with Crippen molar-refractivity contribution in [2.45, 2.75) is 13.3 Å². The summed E-state index contributed by atoms with van der Waals surface area (Å²) in [5, 5.41) is 3.45. The zero-order chi connectivity index (χ0) is 19.5. The third-order valence-electron chi connectivity index (χ3n) is 4.39. The number of nitrogens with zero attached hydrogens (tertiary/aromatic N) is 2. The molecule has 1 aliphatic heterocycles. The highest BCUT2D eigenvalue weighted by atomic mass is 79.9. The number of thioether (sulfide) groups is 1. The molecule has 1 fully saturated rings. The summed E-state index contributed by atoms with van der Waals surface area (Å²) in [4.78, 5) is 17.6. The molecule has 0 atom stereocenters. The lowest BCUT2D eigenvalue weighted by molar-refractivity contribution is -0.115. The summed E-state index contributed by atoms with van der Waals surface area (Å²) >= 11 is 4.81. The maximum absolute atomic E-state index is 12.4. The Labute approximate surface area is 176 Å². The number of hydrogen-bond donors (Lipinski definition) is 1. The van der Waals surface area contributed by atoms with Gasteiger partial charge >= 0.3 is 0 Å². The first kappa shape index (κ1) is 18.8. The van der Waals surface area contributed by atoms with E-state index in [9.17, 15) is 4.79 Å². The Bertz CT molecular complexity index is 1070. The Hall–Kier alpha value is -2.57. The van der Waals surface area contributed by atoms with E-state index in [1.54, 1.807) is 0 Å². The van der Waals surface area contributed by atoms with Gasteiger partial charge in [0.2, 0.25) is 0 Å². The van der Waals surface area contributed by atoms with Gasteiger partial charge in [0, 0.05) is 22.1 Å². The summed E-state index contributed by atoms with van der Waals surface area (Å²) in [5.74, 6) is -0.127. The fourth-order valence-electron chi connectivity index (χ4n) is 2.89. The zero-order valence-electron chi connectivity index (χ0n) is 15.2. The van der Waals surface area contributed by atoms with E-state index in [1.165, 1.54) is 17.3 Å². The van der Waals surface area contributed by atoms with Gasteiger partial charge in [-0.25, -0.2) is 4.99 Å². The Morgan fingerprint density at radius 1 is 1.11 bits per heavy atom. The third-order valence-corrected chi connectivity index (χ3v) is 5.83. The van der Waals surface area contributed by atoms with Gasteiger partial charge in [-0.3, -0.25) is 4.79 Å². The average Bonchev–Trinajstić information content (AvgIpc) is 3.30. The van der Waals surface area contributed by atoms with E-state index in [2.05, 4.69) is 45.3 Å². The fraction of sp³-hybridized carbons (Fsp3) is 0.0909. The van der Waals surface area contributed by atoms with E-state index in [1.807, 2.05) is 65.4 Å². The maximum atomic E-state index is 12.4. The van der Waals surface area contributed by atoms with Gasteiger partial charge in [-0.15, -0.1) is 0 Å². The number of halogens is 1. The molecule has 0 saturated carbocycles. The fourth-order valence-corrected chi connectivity index (χ4v) is 3.98. The predicted molar refractivity (Wildman–Crippen MR) is 120 cm³/mol. The highest BCUT2D eigenvalue weighted by Crippen LogP contribution is 2.29. The Morgan fingerprint density at radius 3 is 2.57 bits per heavy atom. The van der Waals surface area contributed by atoms with E-state index < -0.39 is 0 Å². The number of rotatable bonds is 4. The Balaban J connectivity index is 1.58. The number of hydrogen-bond acceptors (Lipinski definition) is 3. The molecule has 0 radical (unpaired) electrons. The largest absolute Gasteiger partial charge is 0.317 e. The van der Waals surface area contributed by atoms with Crippen LogP contribution >= 0.6 is 27.7 Å². The van der Waals surface area contributed by atoms with Crippen LogP contribution in [0.5, 0.6) is 0 Å². The second-order valence-corrected chi connectivity index (χ2v) is 8.23. The van der Waals surface area contributed by atoms with Crippen LogP contribution in [0.3, 0.4) is 0 Å². The number of carbonyl (C=O) groups excluding carboxylic acids is 1. The van der Waals surface area contributed by atoms with Crippen molar-refractivity contribution in [2.24, 2.45) is 4.99 Å². The van der Waals surface area contributed by atoms with Crippen LogP contribution in [0.15, 0.2) is 81.2 Å². The minimum atomic E-state index is -0.127. The summed E-state index contributed by atoms with van der Waals surface area (Å²) in [5.41, 5.74) is 4.07. The second kappa shape index (κ2) is 8.20. The van der Waals surface area contributed by atoms with Crippen LogP contribution in [0.2, 0.25) is 0 Å². The molecule has 4 rings (SSSR count). The molecule has 0 aliphatic carbocycles. The number of carbonyl (C=O) groups is 1. The topological polar surface area (TPSA) is 46.4 Å². The average molecular weight is 452 g/mol. The first-order chi connectivity index (χ1) is 13.6. The van der Waals surface area contributed by atoms with Gasteiger partial charge in [0.15, 0.2) is 5.17 Å². The molecule has 2 heterocycles. The Kier molecular flexibility index (Phi) is 5.50. The number of benzene rings is 2. The summed E-state index contributed by atoms with van der Waals surface area (Å²) < 4.78 is 3.08. The third kappa shape index (κ3) is 4.13. The smallest absolute Gasteiger partial charge is 0.264 e. The molecule has 0 bridgehead atoms. The molecule has 0 unspecified atom stereocenters. The van der Waals surface area contributed by atoms with Gasteiger partial charge in [-0.2, -0.15) is 0 Å². The summed E-state index contributed by atoms with van der Waals surface area (Å²) in [7, 11) is 0. The molecule has 0 spiro atoms. The first-order valence-electron chi connectivity index (χ1n) is 8.94. The van der Waals surface area contributed by atoms with Crippen molar-refractivity contribution < 1.29 is 4.79 Å². The van der Waals surface area contributed by atoms with E-state index >= 15 is 0 Å². The van der Waals surface area contributed by atoms with E-state index in [4.69, 9.17) is 0 Å². The van der Waals surface area contributed by atoms with Gasteiger partial charge in [0.1, 0.15) is 0 Å². The SMILES string of the molecule is CCc1ccc(N=C2NC(=O)/C(=C/c3cccn3-c3ccc(Br)cc3)S2)cc1. The first-order valence-corrected chi connectivity index (χ1v) is 10.5. The summed E-state index contributed by atoms with van der Waals surface area (Å²) in [6, 6.07) is 20.1. The normalized spacial score (nSPS) is 16.7. The van der Waals surface area contributed by atoms with Gasteiger partial charge in [-0.1, -0.05) is 35.0 Å². The number of aryl methyl sites for hydroxylation is 1. The van der Waals surface area contributed by atoms with Gasteiger partial charge in [0.25, 0.3) is 5.91 Å². The molecule has 1 N–H and O–H groups in total. The van der Waals surface area contributed by atoms with Crippen LogP contribution in [-0.2, 0) is 11.2 Å². The van der Waals surface area contributed by atoms with Crippen molar-refractivity contribution in [3.63, 3.8) is 0 Å². The Morgan fingerprint density at radius 2 is 1.86 bits per heavy atom. The van der Waals surface area contributed by atoms with Crippen molar-refractivity contribution in [1.82, 2.24) is 9.88 Å². The molecule has 1 aromatic heterocycles. The minimum Gasteiger partial charge on any atom is -0.317 e. The highest BCUT2D eigenvalue weighted by Gasteiger charge is 2.24.